The van der Waals surface area contributed by atoms with Crippen LogP contribution in [0.15, 0.2) is 72.8 Å². The smallest absolute Gasteiger partial charge is 0.185 e. The summed E-state index contributed by atoms with van der Waals surface area (Å²) in [4.78, 5) is 12.1. The molecule has 0 aliphatic carbocycles. The van der Waals surface area contributed by atoms with E-state index >= 15 is 0 Å². The Morgan fingerprint density at radius 2 is 1.64 bits per heavy atom. The molecule has 0 aliphatic heterocycles. The molecule has 0 amide bonds. The van der Waals surface area contributed by atoms with Crippen molar-refractivity contribution in [2.45, 2.75) is 0 Å². The van der Waals surface area contributed by atoms with Gasteiger partial charge in [0.25, 0.3) is 0 Å². The summed E-state index contributed by atoms with van der Waals surface area (Å²) in [5.74, 6) is 0.852. The standard InChI is InChI=1S/C20H16O2/c1-22-19-11-10-17-13-15(7-9-18(17)14-19)8-12-20(21)16-5-3-2-4-6-16/h2-14H,1H3/b12-8+. The van der Waals surface area contributed by atoms with Gasteiger partial charge < -0.3 is 4.74 Å². The third-order valence-corrected chi connectivity index (χ3v) is 3.56. The van der Waals surface area contributed by atoms with E-state index in [2.05, 4.69) is 6.07 Å². The molecular formula is C20H16O2. The molecule has 0 saturated heterocycles. The van der Waals surface area contributed by atoms with E-state index in [1.54, 1.807) is 13.2 Å². The molecule has 0 radical (unpaired) electrons. The lowest BCUT2D eigenvalue weighted by molar-refractivity contribution is 0.104. The molecule has 0 unspecified atom stereocenters. The number of ether oxygens (including phenoxy) is 1. The highest BCUT2D eigenvalue weighted by molar-refractivity contribution is 6.06. The van der Waals surface area contributed by atoms with E-state index in [0.717, 1.165) is 22.1 Å². The predicted octanol–water partition coefficient (Wildman–Crippen LogP) is 4.74. The van der Waals surface area contributed by atoms with Gasteiger partial charge in [0, 0.05) is 5.56 Å². The van der Waals surface area contributed by atoms with Gasteiger partial charge in [0.2, 0.25) is 0 Å². The lowest BCUT2D eigenvalue weighted by atomic mass is 10.1. The molecule has 0 saturated carbocycles. The second-order valence-corrected chi connectivity index (χ2v) is 5.04. The van der Waals surface area contributed by atoms with Crippen LogP contribution in [-0.2, 0) is 0 Å². The number of methoxy groups -OCH3 is 1. The van der Waals surface area contributed by atoms with Gasteiger partial charge in [-0.05, 0) is 40.6 Å². The first kappa shape index (κ1) is 14.1. The first-order valence-electron chi connectivity index (χ1n) is 7.11. The van der Waals surface area contributed by atoms with Crippen LogP contribution >= 0.6 is 0 Å². The van der Waals surface area contributed by atoms with Crippen LogP contribution in [0.1, 0.15) is 15.9 Å². The van der Waals surface area contributed by atoms with Gasteiger partial charge >= 0.3 is 0 Å². The van der Waals surface area contributed by atoms with Crippen LogP contribution in [-0.4, -0.2) is 12.9 Å². The topological polar surface area (TPSA) is 26.3 Å². The maximum Gasteiger partial charge on any atom is 0.185 e. The van der Waals surface area contributed by atoms with Crippen molar-refractivity contribution < 1.29 is 9.53 Å². The number of allylic oxidation sites excluding steroid dienone is 1. The highest BCUT2D eigenvalue weighted by Gasteiger charge is 2.00. The van der Waals surface area contributed by atoms with Crippen molar-refractivity contribution in [3.8, 4) is 5.75 Å². The molecule has 0 heterocycles. The van der Waals surface area contributed by atoms with Crippen LogP contribution in [0.2, 0.25) is 0 Å². The van der Waals surface area contributed by atoms with E-state index in [1.165, 1.54) is 0 Å². The fourth-order valence-corrected chi connectivity index (χ4v) is 2.34. The number of carbonyl (C=O) groups excluding carboxylic acids is 1. The molecule has 0 aliphatic rings. The Morgan fingerprint density at radius 3 is 2.41 bits per heavy atom. The fourth-order valence-electron chi connectivity index (χ4n) is 2.34. The number of ketones is 1. The van der Waals surface area contributed by atoms with Gasteiger partial charge in [-0.1, -0.05) is 54.6 Å². The molecule has 3 aromatic carbocycles. The lowest BCUT2D eigenvalue weighted by Gasteiger charge is -2.03. The zero-order valence-corrected chi connectivity index (χ0v) is 12.3. The van der Waals surface area contributed by atoms with Gasteiger partial charge in [-0.2, -0.15) is 0 Å². The SMILES string of the molecule is COc1ccc2cc(/C=C/C(=O)c3ccccc3)ccc2c1. The van der Waals surface area contributed by atoms with Crippen LogP contribution in [0.25, 0.3) is 16.8 Å². The fraction of sp³-hybridized carbons (Fsp3) is 0.0500. The molecule has 2 heteroatoms. The molecule has 0 bridgehead atoms. The summed E-state index contributed by atoms with van der Waals surface area (Å²) in [6.45, 7) is 0. The minimum Gasteiger partial charge on any atom is -0.497 e. The normalized spacial score (nSPS) is 11.0. The summed E-state index contributed by atoms with van der Waals surface area (Å²) in [6, 6.07) is 21.3. The van der Waals surface area contributed by atoms with E-state index in [0.29, 0.717) is 5.56 Å². The van der Waals surface area contributed by atoms with E-state index in [4.69, 9.17) is 4.74 Å². The summed E-state index contributed by atoms with van der Waals surface area (Å²) in [7, 11) is 1.66. The van der Waals surface area contributed by atoms with Gasteiger partial charge in [-0.25, -0.2) is 0 Å². The minimum absolute atomic E-state index is 0.00966. The third kappa shape index (κ3) is 3.07. The summed E-state index contributed by atoms with van der Waals surface area (Å²) in [5.41, 5.74) is 1.70. The van der Waals surface area contributed by atoms with Crippen molar-refractivity contribution in [1.82, 2.24) is 0 Å². The largest absolute Gasteiger partial charge is 0.497 e. The third-order valence-electron chi connectivity index (χ3n) is 3.56. The number of hydrogen-bond acceptors (Lipinski definition) is 2. The van der Waals surface area contributed by atoms with Crippen LogP contribution in [0.3, 0.4) is 0 Å². The van der Waals surface area contributed by atoms with Gasteiger partial charge in [0.1, 0.15) is 5.75 Å². The Balaban J connectivity index is 1.85. The number of benzene rings is 3. The van der Waals surface area contributed by atoms with Crippen LogP contribution in [0.4, 0.5) is 0 Å². The maximum atomic E-state index is 12.1. The lowest BCUT2D eigenvalue weighted by Crippen LogP contribution is -1.92. The Hall–Kier alpha value is -2.87. The first-order chi connectivity index (χ1) is 10.8. The molecular weight excluding hydrogens is 272 g/mol. The minimum atomic E-state index is 0.00966. The molecule has 108 valence electrons. The number of rotatable bonds is 4. The number of fused-ring (bicyclic) bond motifs is 1. The van der Waals surface area contributed by atoms with Gasteiger partial charge in [-0.15, -0.1) is 0 Å². The molecule has 0 aromatic heterocycles. The average Bonchev–Trinajstić information content (AvgIpc) is 2.59. The molecule has 22 heavy (non-hydrogen) atoms. The van der Waals surface area contributed by atoms with E-state index < -0.39 is 0 Å². The van der Waals surface area contributed by atoms with Gasteiger partial charge in [0.05, 0.1) is 7.11 Å². The van der Waals surface area contributed by atoms with Gasteiger partial charge in [-0.3, -0.25) is 4.79 Å². The van der Waals surface area contributed by atoms with Crippen molar-refractivity contribution in [2.24, 2.45) is 0 Å². The Bertz CT molecular complexity index is 833. The summed E-state index contributed by atoms with van der Waals surface area (Å²) in [6.07, 6.45) is 3.46. The van der Waals surface area contributed by atoms with Crippen LogP contribution < -0.4 is 4.74 Å². The zero-order valence-electron chi connectivity index (χ0n) is 12.3. The molecule has 2 nitrogen and oxygen atoms in total. The highest BCUT2D eigenvalue weighted by Crippen LogP contribution is 2.22. The molecule has 3 rings (SSSR count). The van der Waals surface area contributed by atoms with Crippen molar-refractivity contribution in [3.05, 3.63) is 83.9 Å². The summed E-state index contributed by atoms with van der Waals surface area (Å²) >= 11 is 0. The van der Waals surface area contributed by atoms with Crippen LogP contribution in [0, 0.1) is 0 Å². The van der Waals surface area contributed by atoms with Crippen molar-refractivity contribution in [3.63, 3.8) is 0 Å². The predicted molar refractivity (Wildman–Crippen MR) is 90.3 cm³/mol. The van der Waals surface area contributed by atoms with Crippen LogP contribution in [0.5, 0.6) is 5.75 Å². The van der Waals surface area contributed by atoms with E-state index in [-0.39, 0.29) is 5.78 Å². The quantitative estimate of drug-likeness (QED) is 0.512. The molecule has 0 atom stereocenters. The van der Waals surface area contributed by atoms with E-state index in [1.807, 2.05) is 66.7 Å². The second kappa shape index (κ2) is 6.27. The molecule has 3 aromatic rings. The summed E-state index contributed by atoms with van der Waals surface area (Å²) < 4.78 is 5.22. The average molecular weight is 288 g/mol. The highest BCUT2D eigenvalue weighted by atomic mass is 16.5. The Kier molecular flexibility index (Phi) is 4.01. The van der Waals surface area contributed by atoms with Gasteiger partial charge in [0.15, 0.2) is 5.78 Å². The number of hydrogen-bond donors (Lipinski definition) is 0. The van der Waals surface area contributed by atoms with Crippen molar-refractivity contribution in [2.75, 3.05) is 7.11 Å². The first-order valence-corrected chi connectivity index (χ1v) is 7.11. The Labute approximate surface area is 129 Å². The molecule has 0 fully saturated rings. The Morgan fingerprint density at radius 1 is 0.909 bits per heavy atom. The maximum absolute atomic E-state index is 12.1. The van der Waals surface area contributed by atoms with Crippen molar-refractivity contribution in [1.29, 1.82) is 0 Å². The second-order valence-electron chi connectivity index (χ2n) is 5.04. The monoisotopic (exact) mass is 288 g/mol. The molecule has 0 N–H and O–H groups in total. The summed E-state index contributed by atoms with van der Waals surface area (Å²) in [5, 5.41) is 2.24. The zero-order chi connectivity index (χ0) is 15.4. The molecule has 0 spiro atoms. The van der Waals surface area contributed by atoms with E-state index in [9.17, 15) is 4.79 Å². The van der Waals surface area contributed by atoms with Crippen molar-refractivity contribution >= 4 is 22.6 Å². The number of carbonyl (C=O) groups is 1.